The molecule has 1 aromatic rings. The van der Waals surface area contributed by atoms with Crippen molar-refractivity contribution in [3.63, 3.8) is 0 Å². The van der Waals surface area contributed by atoms with Crippen molar-refractivity contribution in [2.24, 2.45) is 11.7 Å². The maximum atomic E-state index is 14.2. The molecule has 1 aromatic carbocycles. The van der Waals surface area contributed by atoms with Crippen LogP contribution in [0, 0.1) is 17.6 Å². The predicted molar refractivity (Wildman–Crippen MR) is 76.3 cm³/mol. The summed E-state index contributed by atoms with van der Waals surface area (Å²) in [6, 6.07) is 2.71. The molecule has 0 aromatic heterocycles. The molecule has 0 spiro atoms. The van der Waals surface area contributed by atoms with E-state index in [1.165, 1.54) is 12.1 Å². The van der Waals surface area contributed by atoms with Gasteiger partial charge < -0.3 is 15.4 Å². The first kappa shape index (κ1) is 15.7. The molecule has 4 nitrogen and oxygen atoms in total. The molecule has 1 heterocycles. The lowest BCUT2D eigenvalue weighted by atomic mass is 9.94. The van der Waals surface area contributed by atoms with Crippen molar-refractivity contribution < 1.29 is 18.3 Å². The summed E-state index contributed by atoms with van der Waals surface area (Å²) in [7, 11) is 1.13. The van der Waals surface area contributed by atoms with E-state index < -0.39 is 17.6 Å². The first-order valence-corrected chi connectivity index (χ1v) is 7.09. The Morgan fingerprint density at radius 1 is 1.43 bits per heavy atom. The van der Waals surface area contributed by atoms with Gasteiger partial charge in [0, 0.05) is 13.1 Å². The number of halogens is 2. The van der Waals surface area contributed by atoms with Gasteiger partial charge in [-0.3, -0.25) is 0 Å². The van der Waals surface area contributed by atoms with Gasteiger partial charge in [0.25, 0.3) is 0 Å². The number of esters is 1. The van der Waals surface area contributed by atoms with Crippen molar-refractivity contribution in [1.29, 1.82) is 0 Å². The molecule has 0 bridgehead atoms. The maximum Gasteiger partial charge on any atom is 0.340 e. The number of carbonyl (C=O) groups excluding carboxylic acids is 1. The number of nitrogens with zero attached hydrogens (tertiary/aromatic N) is 1. The molecular formula is C15H20F2N2O2. The second kappa shape index (κ2) is 6.85. The molecule has 2 N–H and O–H groups in total. The summed E-state index contributed by atoms with van der Waals surface area (Å²) in [5.74, 6) is -2.63. The maximum absolute atomic E-state index is 14.2. The molecule has 6 heteroatoms. The number of hydrogen-bond acceptors (Lipinski definition) is 4. The van der Waals surface area contributed by atoms with Crippen LogP contribution in [0.1, 0.15) is 29.6 Å². The fraction of sp³-hybridized carbons (Fsp3) is 0.533. The van der Waals surface area contributed by atoms with Gasteiger partial charge in [-0.2, -0.15) is 0 Å². The minimum absolute atomic E-state index is 0.196. The lowest BCUT2D eigenvalue weighted by Crippen LogP contribution is -2.37. The topological polar surface area (TPSA) is 55.6 Å². The molecular weight excluding hydrogens is 278 g/mol. The van der Waals surface area contributed by atoms with Gasteiger partial charge >= 0.3 is 5.97 Å². The molecule has 1 aliphatic heterocycles. The summed E-state index contributed by atoms with van der Waals surface area (Å²) in [6.07, 6.45) is 2.85. The molecule has 0 amide bonds. The summed E-state index contributed by atoms with van der Waals surface area (Å²) >= 11 is 0. The minimum atomic E-state index is -1.15. The first-order valence-electron chi connectivity index (χ1n) is 7.09. The Bertz CT molecular complexity index is 521. The van der Waals surface area contributed by atoms with Crippen LogP contribution in [-0.2, 0) is 4.74 Å². The van der Waals surface area contributed by atoms with Crippen LogP contribution < -0.4 is 10.6 Å². The van der Waals surface area contributed by atoms with Gasteiger partial charge in [-0.1, -0.05) is 0 Å². The Kier molecular flexibility index (Phi) is 5.12. The molecule has 21 heavy (non-hydrogen) atoms. The van der Waals surface area contributed by atoms with E-state index >= 15 is 0 Å². The number of nitrogens with two attached hydrogens (primary N) is 1. The number of benzene rings is 1. The summed E-state index contributed by atoms with van der Waals surface area (Å²) < 4.78 is 32.6. The number of ether oxygens (including phenoxy) is 1. The van der Waals surface area contributed by atoms with Gasteiger partial charge in [-0.05, 0) is 43.9 Å². The Morgan fingerprint density at radius 3 is 2.86 bits per heavy atom. The largest absolute Gasteiger partial charge is 0.465 e. The molecule has 1 saturated heterocycles. The van der Waals surface area contributed by atoms with Crippen molar-refractivity contribution >= 4 is 11.7 Å². The van der Waals surface area contributed by atoms with E-state index in [-0.39, 0.29) is 11.3 Å². The van der Waals surface area contributed by atoms with Crippen molar-refractivity contribution in [3.8, 4) is 0 Å². The molecule has 0 saturated carbocycles. The van der Waals surface area contributed by atoms with E-state index in [2.05, 4.69) is 4.74 Å². The number of carbonyl (C=O) groups is 1. The van der Waals surface area contributed by atoms with Crippen LogP contribution in [0.25, 0.3) is 0 Å². The van der Waals surface area contributed by atoms with Crippen LogP contribution in [0.4, 0.5) is 14.5 Å². The highest BCUT2D eigenvalue weighted by molar-refractivity contribution is 5.90. The van der Waals surface area contributed by atoms with E-state index in [4.69, 9.17) is 5.73 Å². The molecule has 1 fully saturated rings. The van der Waals surface area contributed by atoms with E-state index in [1.807, 2.05) is 4.90 Å². The van der Waals surface area contributed by atoms with Crippen LogP contribution in [-0.4, -0.2) is 32.7 Å². The van der Waals surface area contributed by atoms with Crippen LogP contribution in [0.3, 0.4) is 0 Å². The smallest absolute Gasteiger partial charge is 0.340 e. The number of methoxy groups -OCH3 is 1. The molecule has 1 atom stereocenters. The fourth-order valence-electron chi connectivity index (χ4n) is 2.81. The SMILES string of the molecule is COC(=O)c1ccc(N2CCCC(CCN)C2)c(F)c1F. The second-order valence-corrected chi connectivity index (χ2v) is 5.28. The van der Waals surface area contributed by atoms with Crippen molar-refractivity contribution in [3.05, 3.63) is 29.3 Å². The lowest BCUT2D eigenvalue weighted by molar-refractivity contribution is 0.0594. The third kappa shape index (κ3) is 3.32. The van der Waals surface area contributed by atoms with E-state index in [0.717, 1.165) is 26.4 Å². The Hall–Kier alpha value is -1.69. The van der Waals surface area contributed by atoms with E-state index in [1.54, 1.807) is 0 Å². The number of piperidine rings is 1. The average molecular weight is 298 g/mol. The normalized spacial score (nSPS) is 18.7. The van der Waals surface area contributed by atoms with E-state index in [0.29, 0.717) is 25.6 Å². The van der Waals surface area contributed by atoms with Gasteiger partial charge in [-0.25, -0.2) is 13.6 Å². The van der Waals surface area contributed by atoms with Crippen LogP contribution in [0.5, 0.6) is 0 Å². The number of anilines is 1. The monoisotopic (exact) mass is 298 g/mol. The first-order chi connectivity index (χ1) is 10.1. The highest BCUT2D eigenvalue weighted by atomic mass is 19.2. The molecule has 0 aliphatic carbocycles. The zero-order valence-electron chi connectivity index (χ0n) is 12.1. The van der Waals surface area contributed by atoms with Crippen LogP contribution >= 0.6 is 0 Å². The summed E-state index contributed by atoms with van der Waals surface area (Å²) in [6.45, 7) is 1.93. The molecule has 1 unspecified atom stereocenters. The van der Waals surface area contributed by atoms with Gasteiger partial charge in [0.2, 0.25) is 0 Å². The molecule has 2 rings (SSSR count). The minimum Gasteiger partial charge on any atom is -0.465 e. The highest BCUT2D eigenvalue weighted by Gasteiger charge is 2.25. The quantitative estimate of drug-likeness (QED) is 0.867. The average Bonchev–Trinajstić information content (AvgIpc) is 2.50. The van der Waals surface area contributed by atoms with Gasteiger partial charge in [-0.15, -0.1) is 0 Å². The zero-order valence-corrected chi connectivity index (χ0v) is 12.1. The summed E-state index contributed by atoms with van der Waals surface area (Å²) in [5, 5.41) is 0. The van der Waals surface area contributed by atoms with Gasteiger partial charge in [0.1, 0.15) is 0 Å². The fourth-order valence-corrected chi connectivity index (χ4v) is 2.81. The van der Waals surface area contributed by atoms with Crippen molar-refractivity contribution in [1.82, 2.24) is 0 Å². The summed E-state index contributed by atoms with van der Waals surface area (Å²) in [4.78, 5) is 13.2. The molecule has 116 valence electrons. The lowest BCUT2D eigenvalue weighted by Gasteiger charge is -2.34. The zero-order chi connectivity index (χ0) is 15.4. The molecule has 1 aliphatic rings. The number of rotatable bonds is 4. The van der Waals surface area contributed by atoms with Crippen LogP contribution in [0.15, 0.2) is 12.1 Å². The standard InChI is InChI=1S/C15H20F2N2O2/c1-21-15(20)11-4-5-12(14(17)13(11)16)19-8-2-3-10(9-19)6-7-18/h4-5,10H,2-3,6-9,18H2,1H3. The Balaban J connectivity index is 2.24. The predicted octanol–water partition coefficient (Wildman–Crippen LogP) is 2.32. The Labute approximate surface area is 122 Å². The third-order valence-corrected chi connectivity index (χ3v) is 3.90. The Morgan fingerprint density at radius 2 is 2.19 bits per heavy atom. The third-order valence-electron chi connectivity index (χ3n) is 3.90. The van der Waals surface area contributed by atoms with E-state index in [9.17, 15) is 13.6 Å². The van der Waals surface area contributed by atoms with Crippen molar-refractivity contribution in [2.75, 3.05) is 31.6 Å². The highest BCUT2D eigenvalue weighted by Crippen LogP contribution is 2.29. The van der Waals surface area contributed by atoms with Gasteiger partial charge in [0.15, 0.2) is 11.6 Å². The van der Waals surface area contributed by atoms with Crippen molar-refractivity contribution in [2.45, 2.75) is 19.3 Å². The van der Waals surface area contributed by atoms with Gasteiger partial charge in [0.05, 0.1) is 18.4 Å². The second-order valence-electron chi connectivity index (χ2n) is 5.28. The number of hydrogen-bond donors (Lipinski definition) is 1. The molecule has 0 radical (unpaired) electrons. The van der Waals surface area contributed by atoms with Crippen LogP contribution in [0.2, 0.25) is 0 Å². The summed E-state index contributed by atoms with van der Waals surface area (Å²) in [5.41, 5.74) is 5.38.